The van der Waals surface area contributed by atoms with Crippen molar-refractivity contribution in [2.75, 3.05) is 18.4 Å². The Balaban J connectivity index is 2.10. The Bertz CT molecular complexity index is 548. The van der Waals surface area contributed by atoms with Crippen molar-refractivity contribution in [1.82, 2.24) is 5.32 Å². The number of nitrogens with one attached hydrogen (secondary N) is 2. The van der Waals surface area contributed by atoms with E-state index in [2.05, 4.69) is 17.6 Å². The summed E-state index contributed by atoms with van der Waals surface area (Å²) in [5.41, 5.74) is 0.664. The largest absolute Gasteiger partial charge is 0.444 e. The highest BCUT2D eigenvalue weighted by atomic mass is 19.1. The van der Waals surface area contributed by atoms with E-state index in [1.54, 1.807) is 12.1 Å². The van der Waals surface area contributed by atoms with E-state index in [-0.39, 0.29) is 11.7 Å². The summed E-state index contributed by atoms with van der Waals surface area (Å²) in [5.74, 6) is 0.366. The Kier molecular flexibility index (Phi) is 5.63. The van der Waals surface area contributed by atoms with Crippen LogP contribution < -0.4 is 10.6 Å². The van der Waals surface area contributed by atoms with Crippen molar-refractivity contribution >= 4 is 11.8 Å². The summed E-state index contributed by atoms with van der Waals surface area (Å²) in [6.45, 7) is 9.44. The van der Waals surface area contributed by atoms with Crippen molar-refractivity contribution in [2.24, 2.45) is 5.92 Å². The molecule has 1 unspecified atom stereocenters. The molecule has 4 nitrogen and oxygen atoms in total. The summed E-state index contributed by atoms with van der Waals surface area (Å²) in [6, 6.07) is 4.71. The molecular weight excluding hydrogens is 295 g/mol. The maximum Gasteiger partial charge on any atom is 0.412 e. The lowest BCUT2D eigenvalue weighted by Gasteiger charge is -2.29. The van der Waals surface area contributed by atoms with Crippen LogP contribution in [-0.2, 0) is 4.74 Å². The van der Waals surface area contributed by atoms with Crippen molar-refractivity contribution in [3.05, 3.63) is 29.6 Å². The van der Waals surface area contributed by atoms with Crippen LogP contribution in [0.1, 0.15) is 52.0 Å². The van der Waals surface area contributed by atoms with Gasteiger partial charge in [-0.2, -0.15) is 0 Å². The highest BCUT2D eigenvalue weighted by Crippen LogP contribution is 2.33. The van der Waals surface area contributed by atoms with Crippen molar-refractivity contribution < 1.29 is 13.9 Å². The maximum absolute atomic E-state index is 14.2. The van der Waals surface area contributed by atoms with Gasteiger partial charge in [0.15, 0.2) is 0 Å². The number of hydrogen-bond acceptors (Lipinski definition) is 3. The molecule has 1 aromatic rings. The van der Waals surface area contributed by atoms with E-state index in [9.17, 15) is 9.18 Å². The van der Waals surface area contributed by atoms with Gasteiger partial charge in [0.2, 0.25) is 0 Å². The molecule has 1 saturated heterocycles. The molecule has 1 aliphatic heterocycles. The smallest absolute Gasteiger partial charge is 0.412 e. The van der Waals surface area contributed by atoms with Crippen molar-refractivity contribution in [3.8, 4) is 0 Å². The van der Waals surface area contributed by atoms with Crippen molar-refractivity contribution in [1.29, 1.82) is 0 Å². The third-order valence-electron chi connectivity index (χ3n) is 4.22. The Morgan fingerprint density at radius 1 is 1.35 bits per heavy atom. The summed E-state index contributed by atoms with van der Waals surface area (Å²) in [4.78, 5) is 11.9. The van der Waals surface area contributed by atoms with Crippen LogP contribution in [0, 0.1) is 11.7 Å². The number of carbonyl (C=O) groups excluding carboxylic acids is 1. The lowest BCUT2D eigenvalue weighted by atomic mass is 9.81. The van der Waals surface area contributed by atoms with Crippen LogP contribution in [0.3, 0.4) is 0 Å². The lowest BCUT2D eigenvalue weighted by molar-refractivity contribution is 0.0636. The number of hydrogen-bond donors (Lipinski definition) is 2. The van der Waals surface area contributed by atoms with Crippen LogP contribution in [0.5, 0.6) is 0 Å². The summed E-state index contributed by atoms with van der Waals surface area (Å²) in [6.07, 6.45) is 1.57. The first-order valence-corrected chi connectivity index (χ1v) is 8.26. The second-order valence-corrected chi connectivity index (χ2v) is 7.24. The molecule has 2 N–H and O–H groups in total. The summed E-state index contributed by atoms with van der Waals surface area (Å²) >= 11 is 0. The van der Waals surface area contributed by atoms with E-state index in [0.717, 1.165) is 25.9 Å². The third-order valence-corrected chi connectivity index (χ3v) is 4.22. The molecule has 128 valence electrons. The van der Waals surface area contributed by atoms with Gasteiger partial charge in [0.1, 0.15) is 11.4 Å². The quantitative estimate of drug-likeness (QED) is 0.873. The van der Waals surface area contributed by atoms with Gasteiger partial charge in [-0.25, -0.2) is 9.18 Å². The van der Waals surface area contributed by atoms with Gasteiger partial charge >= 0.3 is 6.09 Å². The minimum absolute atomic E-state index is 0.123. The molecule has 1 aliphatic rings. The zero-order valence-corrected chi connectivity index (χ0v) is 14.4. The van der Waals surface area contributed by atoms with E-state index >= 15 is 0 Å². The minimum Gasteiger partial charge on any atom is -0.444 e. The summed E-state index contributed by atoms with van der Waals surface area (Å²) in [7, 11) is 0. The van der Waals surface area contributed by atoms with E-state index in [4.69, 9.17) is 4.74 Å². The molecule has 0 aliphatic carbocycles. The fourth-order valence-corrected chi connectivity index (χ4v) is 2.99. The first-order valence-electron chi connectivity index (χ1n) is 8.26. The maximum atomic E-state index is 14.2. The number of carbonyl (C=O) groups is 1. The predicted octanol–water partition coefficient (Wildman–Crippen LogP) is 4.28. The molecule has 0 spiro atoms. The number of anilines is 1. The average Bonchev–Trinajstić information content (AvgIpc) is 2.47. The van der Waals surface area contributed by atoms with Crippen molar-refractivity contribution in [3.63, 3.8) is 0 Å². The Morgan fingerprint density at radius 3 is 2.61 bits per heavy atom. The van der Waals surface area contributed by atoms with Crippen molar-refractivity contribution in [2.45, 2.75) is 52.1 Å². The van der Waals surface area contributed by atoms with E-state index < -0.39 is 11.7 Å². The fourth-order valence-electron chi connectivity index (χ4n) is 2.99. The minimum atomic E-state index is -0.560. The van der Waals surface area contributed by atoms with Crippen LogP contribution in [0.4, 0.5) is 14.9 Å². The average molecular weight is 322 g/mol. The molecule has 0 bridgehead atoms. The molecule has 5 heteroatoms. The molecule has 1 aromatic carbocycles. The number of halogens is 1. The number of rotatable bonds is 3. The van der Waals surface area contributed by atoms with Gasteiger partial charge in [0, 0.05) is 5.69 Å². The second kappa shape index (κ2) is 7.30. The molecule has 1 atom stereocenters. The molecule has 1 heterocycles. The van der Waals surface area contributed by atoms with Gasteiger partial charge in [-0.15, -0.1) is 0 Å². The molecule has 0 aromatic heterocycles. The number of piperidine rings is 1. The first kappa shape index (κ1) is 17.7. The molecule has 0 radical (unpaired) electrons. The SMILES string of the molecule is CC(c1cc(NC(=O)OC(C)(C)C)ccc1F)C1CCNCC1. The van der Waals surface area contributed by atoms with Gasteiger partial charge in [-0.1, -0.05) is 6.92 Å². The van der Waals surface area contributed by atoms with Gasteiger partial charge < -0.3 is 10.1 Å². The highest BCUT2D eigenvalue weighted by molar-refractivity contribution is 5.85. The Hall–Kier alpha value is -1.62. The molecule has 1 amide bonds. The Labute approximate surface area is 137 Å². The predicted molar refractivity (Wildman–Crippen MR) is 90.3 cm³/mol. The monoisotopic (exact) mass is 322 g/mol. The molecule has 0 saturated carbocycles. The lowest BCUT2D eigenvalue weighted by Crippen LogP contribution is -2.30. The number of ether oxygens (including phenoxy) is 1. The Morgan fingerprint density at radius 2 is 2.00 bits per heavy atom. The molecule has 23 heavy (non-hydrogen) atoms. The zero-order chi connectivity index (χ0) is 17.0. The van der Waals surface area contributed by atoms with E-state index in [1.165, 1.54) is 6.07 Å². The molecule has 2 rings (SSSR count). The van der Waals surface area contributed by atoms with Gasteiger partial charge in [-0.05, 0) is 82.3 Å². The van der Waals surface area contributed by atoms with Crippen LogP contribution in [0.2, 0.25) is 0 Å². The van der Waals surface area contributed by atoms with Gasteiger partial charge in [0.05, 0.1) is 0 Å². The summed E-state index contributed by atoms with van der Waals surface area (Å²) in [5, 5.41) is 6.01. The van der Waals surface area contributed by atoms with E-state index in [0.29, 0.717) is 17.2 Å². The topological polar surface area (TPSA) is 50.4 Å². The van der Waals surface area contributed by atoms with Gasteiger partial charge in [0.25, 0.3) is 0 Å². The van der Waals surface area contributed by atoms with Crippen LogP contribution in [0.15, 0.2) is 18.2 Å². The standard InChI is InChI=1S/C18H27FN2O2/c1-12(13-7-9-20-10-8-13)15-11-14(5-6-16(15)19)21-17(22)23-18(2,3)4/h5-6,11-13,20H,7-10H2,1-4H3,(H,21,22). The first-order chi connectivity index (χ1) is 10.8. The van der Waals surface area contributed by atoms with Crippen LogP contribution >= 0.6 is 0 Å². The number of amides is 1. The molecular formula is C18H27FN2O2. The van der Waals surface area contributed by atoms with Crippen LogP contribution in [-0.4, -0.2) is 24.8 Å². The number of benzene rings is 1. The summed E-state index contributed by atoms with van der Waals surface area (Å²) < 4.78 is 19.5. The zero-order valence-electron chi connectivity index (χ0n) is 14.4. The fraction of sp³-hybridized carbons (Fsp3) is 0.611. The second-order valence-electron chi connectivity index (χ2n) is 7.24. The molecule has 1 fully saturated rings. The highest BCUT2D eigenvalue weighted by Gasteiger charge is 2.24. The third kappa shape index (κ3) is 5.20. The normalized spacial score (nSPS) is 17.6. The van der Waals surface area contributed by atoms with Crippen LogP contribution in [0.25, 0.3) is 0 Å². The van der Waals surface area contributed by atoms with Gasteiger partial charge in [-0.3, -0.25) is 5.32 Å². The van der Waals surface area contributed by atoms with E-state index in [1.807, 2.05) is 20.8 Å².